The fourth-order valence-corrected chi connectivity index (χ4v) is 1.93. The van der Waals surface area contributed by atoms with E-state index >= 15 is 0 Å². The number of carbonyl (C=O) groups excluding carboxylic acids is 4. The van der Waals surface area contributed by atoms with E-state index in [-0.39, 0.29) is 19.1 Å². The van der Waals surface area contributed by atoms with Crippen molar-refractivity contribution in [2.45, 2.75) is 33.4 Å². The van der Waals surface area contributed by atoms with E-state index < -0.39 is 36.7 Å². The summed E-state index contributed by atoms with van der Waals surface area (Å²) in [6.45, 7) is 4.45. The highest BCUT2D eigenvalue weighted by atomic mass is 16.6. The average Bonchev–Trinajstić information content (AvgIpc) is 2.63. The topological polar surface area (TPSA) is 120 Å². The van der Waals surface area contributed by atoms with Crippen molar-refractivity contribution in [3.8, 4) is 0 Å². The summed E-state index contributed by atoms with van der Waals surface area (Å²) in [4.78, 5) is 46.6. The molecular formula is C18H24N2O7. The summed E-state index contributed by atoms with van der Waals surface area (Å²) in [5.41, 5.74) is 0.798. The molecule has 9 heteroatoms. The van der Waals surface area contributed by atoms with Crippen LogP contribution in [0.1, 0.15) is 26.3 Å². The summed E-state index contributed by atoms with van der Waals surface area (Å²) in [5.74, 6) is -1.97. The van der Waals surface area contributed by atoms with Gasteiger partial charge in [-0.05, 0) is 18.4 Å². The lowest BCUT2D eigenvalue weighted by molar-refractivity contribution is -0.151. The Morgan fingerprint density at radius 3 is 2.22 bits per heavy atom. The molecule has 0 spiro atoms. The SMILES string of the molecule is CCOC(=O)NC(=O)COC(=O)[C@@H](NC(=O)OCc1ccccc1)C(C)C. The van der Waals surface area contributed by atoms with Crippen molar-refractivity contribution in [2.24, 2.45) is 5.92 Å². The third kappa shape index (κ3) is 8.70. The maximum absolute atomic E-state index is 12.1. The van der Waals surface area contributed by atoms with Crippen molar-refractivity contribution in [3.05, 3.63) is 35.9 Å². The third-order valence-corrected chi connectivity index (χ3v) is 3.27. The Kier molecular flexibility index (Phi) is 9.35. The first kappa shape index (κ1) is 21.9. The molecule has 1 aromatic carbocycles. The van der Waals surface area contributed by atoms with Crippen LogP contribution in [0, 0.1) is 5.92 Å². The Morgan fingerprint density at radius 1 is 0.963 bits per heavy atom. The Morgan fingerprint density at radius 2 is 1.63 bits per heavy atom. The zero-order chi connectivity index (χ0) is 20.2. The van der Waals surface area contributed by atoms with Crippen LogP contribution in [0.15, 0.2) is 30.3 Å². The molecule has 2 N–H and O–H groups in total. The molecule has 148 valence electrons. The summed E-state index contributed by atoms with van der Waals surface area (Å²) in [7, 11) is 0. The van der Waals surface area contributed by atoms with Crippen LogP contribution in [-0.4, -0.2) is 43.3 Å². The molecule has 3 amide bonds. The van der Waals surface area contributed by atoms with E-state index in [0.29, 0.717) is 0 Å². The summed E-state index contributed by atoms with van der Waals surface area (Å²) in [5, 5.41) is 4.31. The molecule has 0 aliphatic heterocycles. The van der Waals surface area contributed by atoms with Gasteiger partial charge in [0, 0.05) is 0 Å². The second kappa shape index (κ2) is 11.5. The van der Waals surface area contributed by atoms with E-state index in [0.717, 1.165) is 5.56 Å². The quantitative estimate of drug-likeness (QED) is 0.521. The molecule has 27 heavy (non-hydrogen) atoms. The number of benzene rings is 1. The van der Waals surface area contributed by atoms with Crippen molar-refractivity contribution < 1.29 is 33.4 Å². The lowest BCUT2D eigenvalue weighted by atomic mass is 10.1. The standard InChI is InChI=1S/C18H24N2O7/c1-4-25-17(23)19-14(21)11-26-16(22)15(12(2)3)20-18(24)27-10-13-8-6-5-7-9-13/h5-9,12,15H,4,10-11H2,1-3H3,(H,20,24)(H,19,21,23)/t15-/m0/s1. The Hall–Kier alpha value is -3.10. The van der Waals surface area contributed by atoms with Gasteiger partial charge in [-0.1, -0.05) is 44.2 Å². The zero-order valence-corrected chi connectivity index (χ0v) is 15.5. The van der Waals surface area contributed by atoms with Crippen molar-refractivity contribution >= 4 is 24.1 Å². The van der Waals surface area contributed by atoms with Gasteiger partial charge >= 0.3 is 18.2 Å². The predicted octanol–water partition coefficient (Wildman–Crippen LogP) is 1.75. The number of ether oxygens (including phenoxy) is 3. The molecule has 0 aliphatic carbocycles. The van der Waals surface area contributed by atoms with E-state index in [2.05, 4.69) is 10.1 Å². The Labute approximate surface area is 157 Å². The van der Waals surface area contributed by atoms with Crippen LogP contribution < -0.4 is 10.6 Å². The van der Waals surface area contributed by atoms with Crippen molar-refractivity contribution in [1.82, 2.24) is 10.6 Å². The minimum Gasteiger partial charge on any atom is -0.454 e. The maximum atomic E-state index is 12.1. The number of hydrogen-bond acceptors (Lipinski definition) is 7. The fraction of sp³-hybridized carbons (Fsp3) is 0.444. The number of carbonyl (C=O) groups is 4. The van der Waals surface area contributed by atoms with Crippen molar-refractivity contribution in [3.63, 3.8) is 0 Å². The molecule has 0 saturated carbocycles. The first-order chi connectivity index (χ1) is 12.8. The van der Waals surface area contributed by atoms with Gasteiger partial charge in [0.1, 0.15) is 12.6 Å². The smallest absolute Gasteiger partial charge is 0.413 e. The highest BCUT2D eigenvalue weighted by Crippen LogP contribution is 2.06. The van der Waals surface area contributed by atoms with Crippen molar-refractivity contribution in [1.29, 1.82) is 0 Å². The van der Waals surface area contributed by atoms with Gasteiger partial charge in [0.05, 0.1) is 6.61 Å². The number of imide groups is 1. The zero-order valence-electron chi connectivity index (χ0n) is 15.5. The molecule has 0 aliphatic rings. The van der Waals surface area contributed by atoms with E-state index in [1.165, 1.54) is 0 Å². The number of alkyl carbamates (subject to hydrolysis) is 2. The molecule has 9 nitrogen and oxygen atoms in total. The van der Waals surface area contributed by atoms with Crippen LogP contribution in [0.5, 0.6) is 0 Å². The summed E-state index contributed by atoms with van der Waals surface area (Å²) in [6.07, 6.45) is -1.72. The molecule has 1 aromatic rings. The molecule has 0 unspecified atom stereocenters. The van der Waals surface area contributed by atoms with Crippen LogP contribution in [0.25, 0.3) is 0 Å². The number of esters is 1. The van der Waals surface area contributed by atoms with Gasteiger partial charge in [-0.2, -0.15) is 0 Å². The van der Waals surface area contributed by atoms with Gasteiger partial charge in [-0.15, -0.1) is 0 Å². The van der Waals surface area contributed by atoms with E-state index in [4.69, 9.17) is 9.47 Å². The molecule has 0 saturated heterocycles. The average molecular weight is 380 g/mol. The number of nitrogens with one attached hydrogen (secondary N) is 2. The molecule has 1 rings (SSSR count). The Balaban J connectivity index is 2.46. The van der Waals surface area contributed by atoms with Crippen LogP contribution in [0.4, 0.5) is 9.59 Å². The van der Waals surface area contributed by atoms with E-state index in [1.807, 2.05) is 23.5 Å². The fourth-order valence-electron chi connectivity index (χ4n) is 1.93. The summed E-state index contributed by atoms with van der Waals surface area (Å²) in [6, 6.07) is 8.04. The van der Waals surface area contributed by atoms with Gasteiger partial charge in [-0.3, -0.25) is 10.1 Å². The number of rotatable bonds is 8. The number of amides is 3. The molecule has 0 bridgehead atoms. The molecule has 1 atom stereocenters. The summed E-state index contributed by atoms with van der Waals surface area (Å²) >= 11 is 0. The highest BCUT2D eigenvalue weighted by Gasteiger charge is 2.27. The minimum absolute atomic E-state index is 0.0501. The Bertz CT molecular complexity index is 646. The second-order valence-electron chi connectivity index (χ2n) is 5.80. The van der Waals surface area contributed by atoms with Crippen molar-refractivity contribution in [2.75, 3.05) is 13.2 Å². The molecular weight excluding hydrogens is 356 g/mol. The first-order valence-electron chi connectivity index (χ1n) is 8.44. The van der Waals surface area contributed by atoms with Crippen LogP contribution in [0.3, 0.4) is 0 Å². The maximum Gasteiger partial charge on any atom is 0.413 e. The van der Waals surface area contributed by atoms with Crippen LogP contribution in [0.2, 0.25) is 0 Å². The van der Waals surface area contributed by atoms with Gasteiger partial charge in [-0.25, -0.2) is 14.4 Å². The lowest BCUT2D eigenvalue weighted by Gasteiger charge is -2.20. The third-order valence-electron chi connectivity index (χ3n) is 3.27. The van der Waals surface area contributed by atoms with Gasteiger partial charge < -0.3 is 19.5 Å². The van der Waals surface area contributed by atoms with Gasteiger partial charge in [0.2, 0.25) is 0 Å². The minimum atomic E-state index is -1.01. The number of hydrogen-bond donors (Lipinski definition) is 2. The summed E-state index contributed by atoms with van der Waals surface area (Å²) < 4.78 is 14.4. The molecule has 0 aromatic heterocycles. The predicted molar refractivity (Wildman–Crippen MR) is 94.5 cm³/mol. The highest BCUT2D eigenvalue weighted by molar-refractivity contribution is 5.93. The molecule has 0 radical (unpaired) electrons. The van der Waals surface area contributed by atoms with Gasteiger partial charge in [0.25, 0.3) is 5.91 Å². The second-order valence-corrected chi connectivity index (χ2v) is 5.80. The monoisotopic (exact) mass is 380 g/mol. The van der Waals surface area contributed by atoms with E-state index in [9.17, 15) is 19.2 Å². The van der Waals surface area contributed by atoms with E-state index in [1.54, 1.807) is 32.9 Å². The van der Waals surface area contributed by atoms with Gasteiger partial charge in [0.15, 0.2) is 6.61 Å². The molecule has 0 fully saturated rings. The largest absolute Gasteiger partial charge is 0.454 e. The molecule has 0 heterocycles. The first-order valence-corrected chi connectivity index (χ1v) is 8.44. The van der Waals surface area contributed by atoms with Crippen LogP contribution >= 0.6 is 0 Å². The lowest BCUT2D eigenvalue weighted by Crippen LogP contribution is -2.46. The van der Waals surface area contributed by atoms with Crippen LogP contribution in [-0.2, 0) is 30.4 Å². The normalized spacial score (nSPS) is 11.3.